The Morgan fingerprint density at radius 1 is 1.22 bits per heavy atom. The first-order valence-corrected chi connectivity index (χ1v) is 8.88. The van der Waals surface area contributed by atoms with Crippen LogP contribution >= 0.6 is 0 Å². The first-order chi connectivity index (χ1) is 13.2. The molecule has 1 saturated heterocycles. The Labute approximate surface area is 154 Å². The summed E-state index contributed by atoms with van der Waals surface area (Å²) in [6.45, 7) is 0.776. The van der Waals surface area contributed by atoms with Crippen molar-refractivity contribution in [2.75, 3.05) is 6.54 Å². The van der Waals surface area contributed by atoms with Gasteiger partial charge in [0.1, 0.15) is 11.9 Å². The zero-order valence-corrected chi connectivity index (χ0v) is 14.4. The molecule has 4 atom stereocenters. The number of nitrogens with one attached hydrogen (secondary N) is 1. The van der Waals surface area contributed by atoms with E-state index >= 15 is 0 Å². The van der Waals surface area contributed by atoms with Crippen molar-refractivity contribution in [3.05, 3.63) is 49.1 Å². The van der Waals surface area contributed by atoms with Gasteiger partial charge >= 0.3 is 0 Å². The number of aromatic nitrogens is 4. The molecule has 1 aromatic carbocycles. The second-order valence-electron chi connectivity index (χ2n) is 6.97. The van der Waals surface area contributed by atoms with Crippen molar-refractivity contribution >= 4 is 0 Å². The molecule has 2 N–H and O–H groups in total. The molecule has 1 saturated carbocycles. The number of phenols is 1. The van der Waals surface area contributed by atoms with Gasteiger partial charge in [-0.1, -0.05) is 0 Å². The third kappa shape index (κ3) is 2.82. The lowest BCUT2D eigenvalue weighted by atomic mass is 10.1. The second-order valence-corrected chi connectivity index (χ2v) is 6.97. The molecule has 7 nitrogen and oxygen atoms in total. The molecule has 2 aliphatic rings. The van der Waals surface area contributed by atoms with E-state index in [9.17, 15) is 9.50 Å². The van der Waals surface area contributed by atoms with E-state index in [1.54, 1.807) is 47.6 Å². The van der Waals surface area contributed by atoms with E-state index in [1.807, 2.05) is 6.07 Å². The van der Waals surface area contributed by atoms with Crippen LogP contribution in [0.5, 0.6) is 11.6 Å². The number of aromatic hydroxyl groups is 1. The standard InChI is InChI=1S/C19H18FN5O2/c20-18-15-7-11(9-22-15)19(18)27-17-4-3-14(23-24-17)13-2-1-12(8-16(13)26)25-6-5-21-10-25/h1-6,8,10-11,15,18-19,22,26H,7,9H2/t11-,15-,18+,19-/m1/s1. The number of imidazole rings is 1. The van der Waals surface area contributed by atoms with Crippen LogP contribution in [0.15, 0.2) is 49.1 Å². The molecule has 0 spiro atoms. The Morgan fingerprint density at radius 2 is 2.15 bits per heavy atom. The summed E-state index contributed by atoms with van der Waals surface area (Å²) >= 11 is 0. The van der Waals surface area contributed by atoms with Crippen LogP contribution < -0.4 is 10.1 Å². The fraction of sp³-hybridized carbons (Fsp3) is 0.316. The van der Waals surface area contributed by atoms with E-state index < -0.39 is 12.3 Å². The molecule has 27 heavy (non-hydrogen) atoms. The first kappa shape index (κ1) is 16.2. The van der Waals surface area contributed by atoms with Gasteiger partial charge in [-0.2, -0.15) is 0 Å². The molecule has 8 heteroatoms. The fourth-order valence-corrected chi connectivity index (χ4v) is 3.91. The van der Waals surface area contributed by atoms with Crippen LogP contribution in [-0.4, -0.2) is 49.7 Å². The van der Waals surface area contributed by atoms with E-state index in [1.165, 1.54) is 0 Å². The van der Waals surface area contributed by atoms with Gasteiger partial charge in [0.15, 0.2) is 6.17 Å². The minimum Gasteiger partial charge on any atom is -0.507 e. The van der Waals surface area contributed by atoms with Crippen molar-refractivity contribution in [3.63, 3.8) is 0 Å². The molecular weight excluding hydrogens is 349 g/mol. The number of rotatable bonds is 4. The first-order valence-electron chi connectivity index (χ1n) is 8.88. The lowest BCUT2D eigenvalue weighted by molar-refractivity contribution is 0.0615. The Bertz CT molecular complexity index is 945. The molecular formula is C19H18FN5O2. The van der Waals surface area contributed by atoms with Crippen molar-refractivity contribution in [2.24, 2.45) is 5.92 Å². The van der Waals surface area contributed by atoms with E-state index in [0.29, 0.717) is 17.1 Å². The molecule has 2 aromatic heterocycles. The Hall–Kier alpha value is -3.00. The normalized spacial score (nSPS) is 26.4. The van der Waals surface area contributed by atoms with Crippen molar-refractivity contribution < 1.29 is 14.2 Å². The summed E-state index contributed by atoms with van der Waals surface area (Å²) in [6, 6.07) is 8.54. The average molecular weight is 367 g/mol. The minimum absolute atomic E-state index is 0.0900. The number of hydrogen-bond donors (Lipinski definition) is 2. The predicted molar refractivity (Wildman–Crippen MR) is 95.5 cm³/mol. The molecule has 3 aromatic rings. The van der Waals surface area contributed by atoms with E-state index in [-0.39, 0.29) is 17.7 Å². The minimum atomic E-state index is -1.02. The third-order valence-corrected chi connectivity index (χ3v) is 5.32. The number of benzene rings is 1. The summed E-state index contributed by atoms with van der Waals surface area (Å²) in [5, 5.41) is 21.7. The van der Waals surface area contributed by atoms with Crippen LogP contribution in [0.25, 0.3) is 16.9 Å². The fourth-order valence-electron chi connectivity index (χ4n) is 3.91. The smallest absolute Gasteiger partial charge is 0.233 e. The van der Waals surface area contributed by atoms with Crippen molar-refractivity contribution in [1.82, 2.24) is 25.1 Å². The summed E-state index contributed by atoms with van der Waals surface area (Å²) in [5.41, 5.74) is 1.87. The number of halogens is 1. The monoisotopic (exact) mass is 367 g/mol. The van der Waals surface area contributed by atoms with E-state index in [4.69, 9.17) is 4.74 Å². The number of piperidine rings is 1. The molecule has 5 rings (SSSR count). The van der Waals surface area contributed by atoms with Gasteiger partial charge in [0.25, 0.3) is 0 Å². The zero-order chi connectivity index (χ0) is 18.4. The van der Waals surface area contributed by atoms with Gasteiger partial charge in [-0.05, 0) is 24.6 Å². The maximum Gasteiger partial charge on any atom is 0.233 e. The summed E-state index contributed by atoms with van der Waals surface area (Å²) in [5.74, 6) is 0.562. The predicted octanol–water partition coefficient (Wildman–Crippen LogP) is 2.11. The Balaban J connectivity index is 1.34. The van der Waals surface area contributed by atoms with Crippen LogP contribution in [0.4, 0.5) is 4.39 Å². The van der Waals surface area contributed by atoms with Crippen LogP contribution in [0.2, 0.25) is 0 Å². The average Bonchev–Trinajstić information content (AvgIpc) is 3.42. The van der Waals surface area contributed by atoms with Crippen LogP contribution in [0.1, 0.15) is 6.42 Å². The van der Waals surface area contributed by atoms with Gasteiger partial charge in [0.05, 0.1) is 17.7 Å². The van der Waals surface area contributed by atoms with Crippen molar-refractivity contribution in [2.45, 2.75) is 24.7 Å². The lowest BCUT2D eigenvalue weighted by Crippen LogP contribution is -2.46. The molecule has 2 bridgehead atoms. The Morgan fingerprint density at radius 3 is 2.81 bits per heavy atom. The van der Waals surface area contributed by atoms with Crippen LogP contribution in [-0.2, 0) is 0 Å². The SMILES string of the molecule is Oc1cc(-n2ccnc2)ccc1-c1ccc(O[C@@H]2[C@H]3CN[C@H](C3)[C@@H]2F)nn1. The second kappa shape index (κ2) is 6.31. The molecule has 0 amide bonds. The molecule has 1 aliphatic carbocycles. The maximum atomic E-state index is 14.2. The number of fused-ring (bicyclic) bond motifs is 2. The van der Waals surface area contributed by atoms with Gasteiger partial charge in [0, 0.05) is 48.6 Å². The topological polar surface area (TPSA) is 85.1 Å². The van der Waals surface area contributed by atoms with Crippen molar-refractivity contribution in [1.29, 1.82) is 0 Å². The summed E-state index contributed by atoms with van der Waals surface area (Å²) in [7, 11) is 0. The molecule has 3 heterocycles. The number of ether oxygens (including phenoxy) is 1. The third-order valence-electron chi connectivity index (χ3n) is 5.32. The number of phenolic OH excluding ortho intramolecular Hbond substituents is 1. The highest BCUT2D eigenvalue weighted by atomic mass is 19.1. The van der Waals surface area contributed by atoms with Gasteiger partial charge in [-0.3, -0.25) is 0 Å². The number of alkyl halides is 1. The summed E-state index contributed by atoms with van der Waals surface area (Å²) < 4.78 is 21.8. The number of hydrogen-bond acceptors (Lipinski definition) is 6. The number of nitrogens with zero attached hydrogens (tertiary/aromatic N) is 4. The lowest BCUT2D eigenvalue weighted by Gasteiger charge is -2.26. The largest absolute Gasteiger partial charge is 0.507 e. The highest BCUT2D eigenvalue weighted by Gasteiger charge is 2.50. The molecule has 2 fully saturated rings. The Kier molecular flexibility index (Phi) is 3.78. The zero-order valence-electron chi connectivity index (χ0n) is 14.4. The van der Waals surface area contributed by atoms with E-state index in [2.05, 4.69) is 20.5 Å². The van der Waals surface area contributed by atoms with Crippen LogP contribution in [0, 0.1) is 5.92 Å². The highest BCUT2D eigenvalue weighted by molar-refractivity contribution is 5.68. The highest BCUT2D eigenvalue weighted by Crippen LogP contribution is 2.36. The molecule has 0 radical (unpaired) electrons. The van der Waals surface area contributed by atoms with Crippen LogP contribution in [0.3, 0.4) is 0 Å². The molecule has 1 aliphatic heterocycles. The molecule has 138 valence electrons. The molecule has 0 unspecified atom stereocenters. The quantitative estimate of drug-likeness (QED) is 0.735. The summed E-state index contributed by atoms with van der Waals surface area (Å²) in [4.78, 5) is 3.99. The van der Waals surface area contributed by atoms with E-state index in [0.717, 1.165) is 18.7 Å². The van der Waals surface area contributed by atoms with Gasteiger partial charge < -0.3 is 19.7 Å². The van der Waals surface area contributed by atoms with Crippen molar-refractivity contribution in [3.8, 4) is 28.6 Å². The van der Waals surface area contributed by atoms with Gasteiger partial charge in [0.2, 0.25) is 5.88 Å². The van der Waals surface area contributed by atoms with Gasteiger partial charge in [-0.25, -0.2) is 9.37 Å². The van der Waals surface area contributed by atoms with Gasteiger partial charge in [-0.15, -0.1) is 10.2 Å². The maximum absolute atomic E-state index is 14.2. The summed E-state index contributed by atoms with van der Waals surface area (Å²) in [6.07, 6.45) is 4.43.